The Hall–Kier alpha value is -1.40. The van der Waals surface area contributed by atoms with Crippen LogP contribution in [0, 0.1) is 5.82 Å². The van der Waals surface area contributed by atoms with Crippen LogP contribution in [0.1, 0.15) is 29.1 Å². The van der Waals surface area contributed by atoms with Gasteiger partial charge in [0.25, 0.3) is 0 Å². The van der Waals surface area contributed by atoms with Gasteiger partial charge in [-0.2, -0.15) is 0 Å². The highest BCUT2D eigenvalue weighted by atomic mass is 79.9. The first-order valence-electron chi connectivity index (χ1n) is 6.42. The van der Waals surface area contributed by atoms with Crippen LogP contribution in [0.2, 0.25) is 0 Å². The number of carboxylic acids is 1. The molecular weight excluding hydrogens is 357 g/mol. The van der Waals surface area contributed by atoms with Crippen LogP contribution >= 0.6 is 27.3 Å². The quantitative estimate of drug-likeness (QED) is 0.823. The third-order valence-electron chi connectivity index (χ3n) is 3.13. The fourth-order valence-electron chi connectivity index (χ4n) is 2.04. The monoisotopic (exact) mass is 371 g/mol. The summed E-state index contributed by atoms with van der Waals surface area (Å²) in [7, 11) is 0. The molecule has 0 atom stereocenters. The molecule has 112 valence electrons. The highest BCUT2D eigenvalue weighted by molar-refractivity contribution is 9.10. The van der Waals surface area contributed by atoms with Gasteiger partial charge in [-0.15, -0.1) is 11.3 Å². The predicted octanol–water partition coefficient (Wildman–Crippen LogP) is 4.76. The number of carboxylic acid groups (broad SMARTS) is 1. The lowest BCUT2D eigenvalue weighted by atomic mass is 10.1. The smallest absolute Gasteiger partial charge is 0.336 e. The lowest BCUT2D eigenvalue weighted by Gasteiger charge is -2.29. The van der Waals surface area contributed by atoms with Gasteiger partial charge in [0.2, 0.25) is 0 Å². The van der Waals surface area contributed by atoms with Gasteiger partial charge in [0.05, 0.1) is 22.3 Å². The van der Waals surface area contributed by atoms with Crippen molar-refractivity contribution in [1.82, 2.24) is 0 Å². The molecule has 2 rings (SSSR count). The summed E-state index contributed by atoms with van der Waals surface area (Å²) >= 11 is 4.66. The first-order chi connectivity index (χ1) is 9.91. The summed E-state index contributed by atoms with van der Waals surface area (Å²) in [6, 6.07) is 6.99. The topological polar surface area (TPSA) is 40.5 Å². The van der Waals surface area contributed by atoms with Crippen LogP contribution in [-0.4, -0.2) is 17.1 Å². The largest absolute Gasteiger partial charge is 0.478 e. The van der Waals surface area contributed by atoms with Crippen molar-refractivity contribution < 1.29 is 14.3 Å². The highest BCUT2D eigenvalue weighted by Crippen LogP contribution is 2.32. The molecule has 1 aromatic carbocycles. The maximum atomic E-state index is 14.5. The molecule has 0 fully saturated rings. The second kappa shape index (κ2) is 6.58. The molecule has 1 N–H and O–H groups in total. The normalized spacial score (nSPS) is 10.9. The predicted molar refractivity (Wildman–Crippen MR) is 86.7 cm³/mol. The van der Waals surface area contributed by atoms with Gasteiger partial charge in [-0.3, -0.25) is 0 Å². The second-order valence-corrected chi connectivity index (χ2v) is 6.69. The highest BCUT2D eigenvalue weighted by Gasteiger charge is 2.21. The van der Waals surface area contributed by atoms with Crippen molar-refractivity contribution in [2.45, 2.75) is 26.4 Å². The molecule has 0 amide bonds. The van der Waals surface area contributed by atoms with Crippen LogP contribution in [0.15, 0.2) is 34.1 Å². The lowest BCUT2D eigenvalue weighted by Crippen LogP contribution is -2.30. The second-order valence-electron chi connectivity index (χ2n) is 4.87. The van der Waals surface area contributed by atoms with Crippen LogP contribution in [0.5, 0.6) is 0 Å². The van der Waals surface area contributed by atoms with Crippen LogP contribution < -0.4 is 4.90 Å². The number of hydrogen-bond acceptors (Lipinski definition) is 3. The van der Waals surface area contributed by atoms with E-state index < -0.39 is 11.8 Å². The molecule has 0 bridgehead atoms. The molecule has 0 unspecified atom stereocenters. The van der Waals surface area contributed by atoms with Crippen LogP contribution in [-0.2, 0) is 6.54 Å². The van der Waals surface area contributed by atoms with E-state index in [0.29, 0.717) is 12.2 Å². The molecule has 3 nitrogen and oxygen atoms in total. The Morgan fingerprint density at radius 2 is 2.14 bits per heavy atom. The van der Waals surface area contributed by atoms with Gasteiger partial charge in [0, 0.05) is 10.9 Å². The first kappa shape index (κ1) is 16.0. The Labute approximate surface area is 135 Å². The average molecular weight is 372 g/mol. The molecule has 6 heteroatoms. The zero-order valence-electron chi connectivity index (χ0n) is 11.6. The maximum absolute atomic E-state index is 14.5. The van der Waals surface area contributed by atoms with E-state index in [9.17, 15) is 9.18 Å². The number of benzene rings is 1. The first-order valence-corrected chi connectivity index (χ1v) is 8.09. The third kappa shape index (κ3) is 3.44. The minimum atomic E-state index is -1.15. The maximum Gasteiger partial charge on any atom is 0.336 e. The van der Waals surface area contributed by atoms with E-state index >= 15 is 0 Å². The Balaban J connectivity index is 2.41. The van der Waals surface area contributed by atoms with E-state index in [1.807, 2.05) is 36.3 Å². The van der Waals surface area contributed by atoms with Crippen LogP contribution in [0.25, 0.3) is 0 Å². The Bertz CT molecular complexity index is 643. The number of nitrogens with zero attached hydrogens (tertiary/aromatic N) is 1. The van der Waals surface area contributed by atoms with Crippen molar-refractivity contribution in [3.05, 3.63) is 50.4 Å². The van der Waals surface area contributed by atoms with E-state index in [1.165, 1.54) is 12.1 Å². The van der Waals surface area contributed by atoms with Crippen molar-refractivity contribution in [1.29, 1.82) is 0 Å². The Morgan fingerprint density at radius 3 is 2.67 bits per heavy atom. The lowest BCUT2D eigenvalue weighted by molar-refractivity contribution is 0.0695. The number of thiophene rings is 1. The number of hydrogen-bond donors (Lipinski definition) is 1. The fourth-order valence-corrected chi connectivity index (χ4v) is 3.25. The van der Waals surface area contributed by atoms with Crippen LogP contribution in [0.3, 0.4) is 0 Å². The average Bonchev–Trinajstić information content (AvgIpc) is 2.92. The zero-order valence-corrected chi connectivity index (χ0v) is 14.0. The molecule has 0 aliphatic heterocycles. The van der Waals surface area contributed by atoms with E-state index in [4.69, 9.17) is 5.11 Å². The molecular formula is C15H15BrFNO2S. The molecule has 1 aromatic heterocycles. The molecule has 21 heavy (non-hydrogen) atoms. The van der Waals surface area contributed by atoms with E-state index in [2.05, 4.69) is 15.9 Å². The van der Waals surface area contributed by atoms with Gasteiger partial charge in [-0.25, -0.2) is 9.18 Å². The van der Waals surface area contributed by atoms with Crippen molar-refractivity contribution in [2.75, 3.05) is 4.90 Å². The molecule has 0 spiro atoms. The van der Waals surface area contributed by atoms with Crippen LogP contribution in [0.4, 0.5) is 10.1 Å². The van der Waals surface area contributed by atoms with E-state index in [1.54, 1.807) is 11.3 Å². The molecule has 0 radical (unpaired) electrons. The summed E-state index contributed by atoms with van der Waals surface area (Å²) in [4.78, 5) is 14.1. The fraction of sp³-hybridized carbons (Fsp3) is 0.267. The summed E-state index contributed by atoms with van der Waals surface area (Å²) in [5, 5.41) is 11.0. The van der Waals surface area contributed by atoms with Gasteiger partial charge in [0.1, 0.15) is 0 Å². The SMILES string of the molecule is CC(C)N(Cc1cccs1)c1ccc(C(=O)O)c(Br)c1F. The number of aromatic carboxylic acids is 1. The minimum Gasteiger partial charge on any atom is -0.478 e. The van der Waals surface area contributed by atoms with E-state index in [0.717, 1.165) is 4.88 Å². The summed E-state index contributed by atoms with van der Waals surface area (Å²) < 4.78 is 14.5. The number of anilines is 1. The molecule has 0 saturated heterocycles. The summed E-state index contributed by atoms with van der Waals surface area (Å²) in [5.41, 5.74) is 0.325. The minimum absolute atomic E-state index is 0.00988. The van der Waals surface area contributed by atoms with E-state index in [-0.39, 0.29) is 16.1 Å². The number of carbonyl (C=O) groups is 1. The van der Waals surface area contributed by atoms with Crippen molar-refractivity contribution in [2.24, 2.45) is 0 Å². The van der Waals surface area contributed by atoms with Crippen molar-refractivity contribution in [3.63, 3.8) is 0 Å². The molecule has 1 heterocycles. The number of rotatable bonds is 5. The van der Waals surface area contributed by atoms with Gasteiger partial charge in [-0.1, -0.05) is 6.07 Å². The summed E-state index contributed by atoms with van der Waals surface area (Å²) in [6.07, 6.45) is 0. The van der Waals surface area contributed by atoms with Gasteiger partial charge in [0.15, 0.2) is 5.82 Å². The molecule has 0 aliphatic carbocycles. The van der Waals surface area contributed by atoms with Gasteiger partial charge < -0.3 is 10.0 Å². The summed E-state index contributed by atoms with van der Waals surface area (Å²) in [6.45, 7) is 4.54. The standard InChI is InChI=1S/C15H15BrFNO2S/c1-9(2)18(8-10-4-3-7-21-10)12-6-5-11(15(19)20)13(16)14(12)17/h3-7,9H,8H2,1-2H3,(H,19,20). The molecule has 0 saturated carbocycles. The van der Waals surface area contributed by atoms with Gasteiger partial charge in [-0.05, 0) is 53.4 Å². The third-order valence-corrected chi connectivity index (χ3v) is 4.77. The molecule has 0 aliphatic rings. The zero-order chi connectivity index (χ0) is 15.6. The molecule has 2 aromatic rings. The van der Waals surface area contributed by atoms with Crippen molar-refractivity contribution >= 4 is 38.9 Å². The Kier molecular flexibility index (Phi) is 5.00. The Morgan fingerprint density at radius 1 is 1.43 bits per heavy atom. The number of halogens is 2. The summed E-state index contributed by atoms with van der Waals surface area (Å²) in [5.74, 6) is -1.69. The van der Waals surface area contributed by atoms with Gasteiger partial charge >= 0.3 is 5.97 Å². The van der Waals surface area contributed by atoms with Crippen molar-refractivity contribution in [3.8, 4) is 0 Å².